The number of thiophene rings is 1. The van der Waals surface area contributed by atoms with Gasteiger partial charge in [-0.25, -0.2) is 0 Å². The monoisotopic (exact) mass is 319 g/mol. The van der Waals surface area contributed by atoms with E-state index in [9.17, 15) is 5.11 Å². The predicted molar refractivity (Wildman–Crippen MR) is 92.0 cm³/mol. The number of ether oxygens (including phenoxy) is 1. The molecule has 0 saturated carbocycles. The Morgan fingerprint density at radius 2 is 1.91 bits per heavy atom. The topological polar surface area (TPSA) is 32.7 Å². The molecule has 1 heterocycles. The number of nitrogens with zero attached hydrogens (tertiary/aromatic N) is 1. The Bertz CT molecular complexity index is 513. The summed E-state index contributed by atoms with van der Waals surface area (Å²) in [7, 11) is 0. The molecular formula is C18H25NO2S. The van der Waals surface area contributed by atoms with Crippen LogP contribution in [0.3, 0.4) is 0 Å². The van der Waals surface area contributed by atoms with Crippen LogP contribution < -0.4 is 0 Å². The molecule has 0 radical (unpaired) electrons. The normalized spacial score (nSPS) is 13.0. The first-order valence-electron chi connectivity index (χ1n) is 7.70. The van der Waals surface area contributed by atoms with E-state index in [1.807, 2.05) is 30.3 Å². The molecule has 0 bridgehead atoms. The number of aliphatic hydroxyl groups is 1. The third-order valence-electron chi connectivity index (χ3n) is 3.56. The minimum Gasteiger partial charge on any atom is -0.389 e. The highest BCUT2D eigenvalue weighted by Gasteiger charge is 2.15. The van der Waals surface area contributed by atoms with Crippen LogP contribution in [0.1, 0.15) is 25.0 Å². The van der Waals surface area contributed by atoms with Gasteiger partial charge in [0.15, 0.2) is 0 Å². The van der Waals surface area contributed by atoms with Crippen LogP contribution in [0.4, 0.5) is 0 Å². The third kappa shape index (κ3) is 5.89. The van der Waals surface area contributed by atoms with Gasteiger partial charge in [0.1, 0.15) is 0 Å². The van der Waals surface area contributed by atoms with Crippen LogP contribution in [0.15, 0.2) is 47.2 Å². The van der Waals surface area contributed by atoms with Crippen LogP contribution in [0, 0.1) is 0 Å². The second kappa shape index (κ2) is 9.06. The van der Waals surface area contributed by atoms with Crippen molar-refractivity contribution < 1.29 is 9.84 Å². The van der Waals surface area contributed by atoms with E-state index >= 15 is 0 Å². The number of hydrogen-bond donors (Lipinski definition) is 1. The lowest BCUT2D eigenvalue weighted by molar-refractivity contribution is 0.00316. The average Bonchev–Trinajstić information content (AvgIpc) is 3.00. The quantitative estimate of drug-likeness (QED) is 0.767. The van der Waals surface area contributed by atoms with Crippen molar-refractivity contribution in [3.8, 4) is 0 Å². The van der Waals surface area contributed by atoms with Gasteiger partial charge in [-0.2, -0.15) is 11.3 Å². The van der Waals surface area contributed by atoms with Gasteiger partial charge in [-0.15, -0.1) is 0 Å². The van der Waals surface area contributed by atoms with E-state index in [1.165, 1.54) is 5.56 Å². The van der Waals surface area contributed by atoms with Crippen molar-refractivity contribution in [3.63, 3.8) is 0 Å². The number of hydrogen-bond acceptors (Lipinski definition) is 4. The van der Waals surface area contributed by atoms with Crippen molar-refractivity contribution in [2.24, 2.45) is 0 Å². The second-order valence-corrected chi connectivity index (χ2v) is 6.59. The molecule has 1 aromatic carbocycles. The number of aliphatic hydroxyl groups excluding tert-OH is 1. The largest absolute Gasteiger partial charge is 0.389 e. The number of benzene rings is 1. The molecule has 1 N–H and O–H groups in total. The Labute approximate surface area is 137 Å². The van der Waals surface area contributed by atoms with Crippen molar-refractivity contribution in [3.05, 3.63) is 58.3 Å². The average molecular weight is 319 g/mol. The van der Waals surface area contributed by atoms with Gasteiger partial charge in [0.2, 0.25) is 0 Å². The summed E-state index contributed by atoms with van der Waals surface area (Å²) in [5, 5.41) is 14.5. The highest BCUT2D eigenvalue weighted by molar-refractivity contribution is 7.07. The molecule has 0 aliphatic rings. The van der Waals surface area contributed by atoms with Crippen molar-refractivity contribution in [1.82, 2.24) is 4.90 Å². The zero-order chi connectivity index (χ0) is 15.8. The fraction of sp³-hybridized carbons (Fsp3) is 0.444. The van der Waals surface area contributed by atoms with Gasteiger partial charge in [0, 0.05) is 19.1 Å². The molecule has 0 aliphatic heterocycles. The minimum absolute atomic E-state index is 0.363. The van der Waals surface area contributed by atoms with Crippen LogP contribution >= 0.6 is 11.3 Å². The predicted octanol–water partition coefficient (Wildman–Crippen LogP) is 3.54. The molecule has 0 saturated heterocycles. The van der Waals surface area contributed by atoms with E-state index in [0.29, 0.717) is 25.8 Å². The molecule has 3 nitrogen and oxygen atoms in total. The van der Waals surface area contributed by atoms with Gasteiger partial charge in [-0.1, -0.05) is 30.3 Å². The molecule has 1 atom stereocenters. The first-order valence-corrected chi connectivity index (χ1v) is 8.64. The molecule has 0 amide bonds. The van der Waals surface area contributed by atoms with Crippen LogP contribution in [0.5, 0.6) is 0 Å². The van der Waals surface area contributed by atoms with E-state index in [4.69, 9.17) is 4.74 Å². The molecule has 2 rings (SSSR count). The molecular weight excluding hydrogens is 294 g/mol. The number of rotatable bonds is 9. The van der Waals surface area contributed by atoms with Crippen molar-refractivity contribution in [2.45, 2.75) is 39.1 Å². The van der Waals surface area contributed by atoms with E-state index in [2.05, 4.69) is 35.6 Å². The zero-order valence-electron chi connectivity index (χ0n) is 13.3. The van der Waals surface area contributed by atoms with Crippen molar-refractivity contribution in [1.29, 1.82) is 0 Å². The third-order valence-corrected chi connectivity index (χ3v) is 4.30. The lowest BCUT2D eigenvalue weighted by Gasteiger charge is -2.28. The molecule has 4 heteroatoms. The lowest BCUT2D eigenvalue weighted by atomic mass is 10.2. The summed E-state index contributed by atoms with van der Waals surface area (Å²) in [6, 6.07) is 12.6. The first kappa shape index (κ1) is 17.2. The smallest absolute Gasteiger partial charge is 0.0900 e. The highest BCUT2D eigenvalue weighted by Crippen LogP contribution is 2.12. The molecule has 2 aromatic rings. The van der Waals surface area contributed by atoms with E-state index < -0.39 is 6.10 Å². The standard InChI is InChI=1S/C18H25NO2S/c1-15(2)19(10-17-8-9-22-14-17)11-18(20)13-21-12-16-6-4-3-5-7-16/h3-9,14-15,18,20H,10-13H2,1-2H3. The summed E-state index contributed by atoms with van der Waals surface area (Å²) in [5.74, 6) is 0. The summed E-state index contributed by atoms with van der Waals surface area (Å²) >= 11 is 1.71. The Kier molecular flexibility index (Phi) is 7.06. The zero-order valence-corrected chi connectivity index (χ0v) is 14.1. The lowest BCUT2D eigenvalue weighted by Crippen LogP contribution is -2.38. The van der Waals surface area contributed by atoms with Gasteiger partial charge in [0.05, 0.1) is 19.3 Å². The Hall–Kier alpha value is -1.20. The van der Waals surface area contributed by atoms with E-state index in [0.717, 1.165) is 12.1 Å². The SMILES string of the molecule is CC(C)N(Cc1ccsc1)CC(O)COCc1ccccc1. The molecule has 0 fully saturated rings. The molecule has 120 valence electrons. The maximum absolute atomic E-state index is 10.2. The summed E-state index contributed by atoms with van der Waals surface area (Å²) < 4.78 is 5.62. The molecule has 0 aliphatic carbocycles. The van der Waals surface area contributed by atoms with Crippen molar-refractivity contribution >= 4 is 11.3 Å². The fourth-order valence-corrected chi connectivity index (χ4v) is 2.95. The fourth-order valence-electron chi connectivity index (χ4n) is 2.29. The van der Waals surface area contributed by atoms with Gasteiger partial charge in [-0.3, -0.25) is 4.90 Å². The molecule has 1 unspecified atom stereocenters. The van der Waals surface area contributed by atoms with Gasteiger partial charge in [-0.05, 0) is 41.8 Å². The van der Waals surface area contributed by atoms with Gasteiger partial charge < -0.3 is 9.84 Å². The maximum atomic E-state index is 10.2. The van der Waals surface area contributed by atoms with Crippen LogP contribution in [-0.2, 0) is 17.9 Å². The van der Waals surface area contributed by atoms with Crippen molar-refractivity contribution in [2.75, 3.05) is 13.2 Å². The molecule has 22 heavy (non-hydrogen) atoms. The summed E-state index contributed by atoms with van der Waals surface area (Å²) in [6.45, 7) is 6.72. The van der Waals surface area contributed by atoms with Crippen LogP contribution in [-0.4, -0.2) is 35.3 Å². The summed E-state index contributed by atoms with van der Waals surface area (Å²) in [4.78, 5) is 2.28. The summed E-state index contributed by atoms with van der Waals surface area (Å²) in [6.07, 6.45) is -0.468. The first-order chi connectivity index (χ1) is 10.6. The molecule has 0 spiro atoms. The van der Waals surface area contributed by atoms with E-state index in [-0.39, 0.29) is 0 Å². The van der Waals surface area contributed by atoms with Crippen LogP contribution in [0.25, 0.3) is 0 Å². The Balaban J connectivity index is 1.74. The van der Waals surface area contributed by atoms with Crippen LogP contribution in [0.2, 0.25) is 0 Å². The maximum Gasteiger partial charge on any atom is 0.0900 e. The summed E-state index contributed by atoms with van der Waals surface area (Å²) in [5.41, 5.74) is 2.43. The van der Waals surface area contributed by atoms with Gasteiger partial charge in [0.25, 0.3) is 0 Å². The Morgan fingerprint density at radius 1 is 1.14 bits per heavy atom. The highest BCUT2D eigenvalue weighted by atomic mass is 32.1. The Morgan fingerprint density at radius 3 is 2.55 bits per heavy atom. The molecule has 1 aromatic heterocycles. The van der Waals surface area contributed by atoms with Gasteiger partial charge >= 0.3 is 0 Å². The minimum atomic E-state index is -0.468. The second-order valence-electron chi connectivity index (χ2n) is 5.81. The van der Waals surface area contributed by atoms with E-state index in [1.54, 1.807) is 11.3 Å².